The number of hydrogen-bond acceptors (Lipinski definition) is 3. The number of hydrogen-bond donors (Lipinski definition) is 3. The molecule has 0 spiro atoms. The Hall–Kier alpha value is -1.46. The monoisotopic (exact) mass is 275 g/mol. The van der Waals surface area contributed by atoms with Crippen molar-refractivity contribution in [3.8, 4) is 0 Å². The van der Waals surface area contributed by atoms with Gasteiger partial charge in [-0.05, 0) is 18.2 Å². The van der Waals surface area contributed by atoms with Gasteiger partial charge in [0.05, 0.1) is 10.6 Å². The van der Waals surface area contributed by atoms with Crippen molar-refractivity contribution in [1.29, 1.82) is 0 Å². The van der Waals surface area contributed by atoms with Crippen LogP contribution in [0.5, 0.6) is 0 Å². The van der Waals surface area contributed by atoms with Crippen LogP contribution < -0.4 is 11.1 Å². The van der Waals surface area contributed by atoms with Crippen molar-refractivity contribution >= 4 is 34.9 Å². The maximum Gasteiger partial charge on any atom is 0.252 e. The molecule has 0 aromatic heterocycles. The molecular weight excluding hydrogens is 265 g/mol. The fourth-order valence-electron chi connectivity index (χ4n) is 1.12. The van der Waals surface area contributed by atoms with Gasteiger partial charge < -0.3 is 16.3 Å². The van der Waals surface area contributed by atoms with Crippen LogP contribution in [0.15, 0.2) is 23.4 Å². The second kappa shape index (κ2) is 6.32. The minimum atomic E-state index is -0.358. The van der Waals surface area contributed by atoms with Crippen LogP contribution in [0.2, 0.25) is 10.0 Å². The Balaban J connectivity index is 2.61. The lowest BCUT2D eigenvalue weighted by molar-refractivity contribution is 0.0955. The average Bonchev–Trinajstić information content (AvgIpc) is 2.31. The number of amides is 1. The van der Waals surface area contributed by atoms with E-state index in [4.69, 9.17) is 34.1 Å². The van der Waals surface area contributed by atoms with Crippen LogP contribution in [0.25, 0.3) is 0 Å². The summed E-state index contributed by atoms with van der Waals surface area (Å²) in [6, 6.07) is 4.61. The molecule has 1 amide bonds. The molecule has 0 heterocycles. The van der Waals surface area contributed by atoms with E-state index in [1.165, 1.54) is 6.07 Å². The van der Waals surface area contributed by atoms with Gasteiger partial charge in [-0.1, -0.05) is 28.4 Å². The number of nitrogens with zero attached hydrogens (tertiary/aromatic N) is 1. The van der Waals surface area contributed by atoms with Crippen molar-refractivity contribution in [1.82, 2.24) is 5.32 Å². The van der Waals surface area contributed by atoms with Crippen molar-refractivity contribution in [2.45, 2.75) is 6.42 Å². The third-order valence-electron chi connectivity index (χ3n) is 1.97. The molecule has 0 bridgehead atoms. The van der Waals surface area contributed by atoms with Crippen LogP contribution in [0, 0.1) is 0 Å². The highest BCUT2D eigenvalue weighted by atomic mass is 35.5. The Labute approximate surface area is 108 Å². The Bertz CT molecular complexity index is 449. The first-order valence-electron chi connectivity index (χ1n) is 4.74. The second-order valence-electron chi connectivity index (χ2n) is 3.22. The Morgan fingerprint density at radius 2 is 2.18 bits per heavy atom. The number of halogens is 2. The standard InChI is InChI=1S/C10H11Cl2N3O2/c11-6-1-2-8(12)7(5-6)10(16)14-4-3-9(13)15-17/h1-2,5,17H,3-4H2,(H2,13,15)(H,14,16). The van der Waals surface area contributed by atoms with Crippen LogP contribution in [0.4, 0.5) is 0 Å². The molecule has 7 heteroatoms. The number of carbonyl (C=O) groups is 1. The SMILES string of the molecule is NC(CCNC(=O)c1cc(Cl)ccc1Cl)=NO. The molecule has 1 aromatic carbocycles. The van der Waals surface area contributed by atoms with Gasteiger partial charge in [0.1, 0.15) is 5.84 Å². The van der Waals surface area contributed by atoms with Gasteiger partial charge in [-0.15, -0.1) is 0 Å². The predicted molar refractivity (Wildman–Crippen MR) is 66.8 cm³/mol. The average molecular weight is 276 g/mol. The van der Waals surface area contributed by atoms with Crippen LogP contribution in [0.1, 0.15) is 16.8 Å². The van der Waals surface area contributed by atoms with E-state index in [9.17, 15) is 4.79 Å². The molecule has 0 radical (unpaired) electrons. The van der Waals surface area contributed by atoms with Gasteiger partial charge in [-0.25, -0.2) is 0 Å². The topological polar surface area (TPSA) is 87.7 Å². The molecule has 0 saturated heterocycles. The number of nitrogens with one attached hydrogen (secondary N) is 1. The van der Waals surface area contributed by atoms with Gasteiger partial charge in [0.25, 0.3) is 5.91 Å². The molecule has 0 aliphatic carbocycles. The molecule has 17 heavy (non-hydrogen) atoms. The van der Waals surface area contributed by atoms with Gasteiger partial charge in [0.15, 0.2) is 0 Å². The fourth-order valence-corrected chi connectivity index (χ4v) is 1.50. The number of benzene rings is 1. The second-order valence-corrected chi connectivity index (χ2v) is 4.07. The van der Waals surface area contributed by atoms with Gasteiger partial charge in [0, 0.05) is 18.0 Å². The lowest BCUT2D eigenvalue weighted by Crippen LogP contribution is -2.28. The third kappa shape index (κ3) is 4.13. The minimum absolute atomic E-state index is 0.0440. The molecule has 0 atom stereocenters. The zero-order valence-corrected chi connectivity index (χ0v) is 10.3. The molecule has 0 aliphatic rings. The maximum atomic E-state index is 11.7. The molecule has 0 saturated carbocycles. The van der Waals surface area contributed by atoms with Crippen molar-refractivity contribution in [2.24, 2.45) is 10.9 Å². The van der Waals surface area contributed by atoms with Crippen molar-refractivity contribution in [3.63, 3.8) is 0 Å². The van der Waals surface area contributed by atoms with E-state index in [1.54, 1.807) is 12.1 Å². The summed E-state index contributed by atoms with van der Waals surface area (Å²) in [5.74, 6) is -0.314. The highest BCUT2D eigenvalue weighted by molar-refractivity contribution is 6.35. The number of rotatable bonds is 4. The summed E-state index contributed by atoms with van der Waals surface area (Å²) < 4.78 is 0. The number of nitrogens with two attached hydrogens (primary N) is 1. The van der Waals surface area contributed by atoms with Gasteiger partial charge >= 0.3 is 0 Å². The van der Waals surface area contributed by atoms with Crippen molar-refractivity contribution in [3.05, 3.63) is 33.8 Å². The van der Waals surface area contributed by atoms with Crippen LogP contribution in [-0.4, -0.2) is 23.5 Å². The summed E-state index contributed by atoms with van der Waals surface area (Å²) in [6.07, 6.45) is 0.250. The lowest BCUT2D eigenvalue weighted by Gasteiger charge is -2.06. The molecule has 5 nitrogen and oxygen atoms in total. The summed E-state index contributed by atoms with van der Waals surface area (Å²) in [7, 11) is 0. The largest absolute Gasteiger partial charge is 0.409 e. The normalized spacial score (nSPS) is 11.3. The van der Waals surface area contributed by atoms with Gasteiger partial charge in [-0.3, -0.25) is 4.79 Å². The summed E-state index contributed by atoms with van der Waals surface area (Å²) in [5.41, 5.74) is 5.54. The van der Waals surface area contributed by atoms with E-state index in [0.717, 1.165) is 0 Å². The first-order valence-corrected chi connectivity index (χ1v) is 5.50. The molecule has 0 unspecified atom stereocenters. The van der Waals surface area contributed by atoms with Crippen molar-refractivity contribution < 1.29 is 10.0 Å². The Morgan fingerprint density at radius 1 is 1.47 bits per heavy atom. The lowest BCUT2D eigenvalue weighted by atomic mass is 10.2. The summed E-state index contributed by atoms with van der Waals surface area (Å²) in [5, 5.41) is 14.4. The molecule has 92 valence electrons. The predicted octanol–water partition coefficient (Wildman–Crippen LogP) is 1.86. The van der Waals surface area contributed by atoms with E-state index in [-0.39, 0.29) is 24.7 Å². The van der Waals surface area contributed by atoms with Crippen LogP contribution in [0.3, 0.4) is 0 Å². The molecular formula is C10H11Cl2N3O2. The Kier molecular flexibility index (Phi) is 5.06. The molecule has 4 N–H and O–H groups in total. The third-order valence-corrected chi connectivity index (χ3v) is 2.53. The summed E-state index contributed by atoms with van der Waals surface area (Å²) in [6.45, 7) is 0.248. The summed E-state index contributed by atoms with van der Waals surface area (Å²) >= 11 is 11.6. The van der Waals surface area contributed by atoms with Gasteiger partial charge in [0.2, 0.25) is 0 Å². The van der Waals surface area contributed by atoms with E-state index >= 15 is 0 Å². The van der Waals surface area contributed by atoms with E-state index in [0.29, 0.717) is 15.6 Å². The van der Waals surface area contributed by atoms with Crippen molar-refractivity contribution in [2.75, 3.05) is 6.54 Å². The minimum Gasteiger partial charge on any atom is -0.409 e. The molecule has 1 rings (SSSR count). The van der Waals surface area contributed by atoms with Gasteiger partial charge in [-0.2, -0.15) is 0 Å². The smallest absolute Gasteiger partial charge is 0.252 e. The zero-order chi connectivity index (χ0) is 12.8. The first-order chi connectivity index (χ1) is 8.04. The number of oxime groups is 1. The molecule has 0 aliphatic heterocycles. The summed E-state index contributed by atoms with van der Waals surface area (Å²) in [4.78, 5) is 11.7. The quantitative estimate of drug-likeness (QED) is 0.339. The highest BCUT2D eigenvalue weighted by Crippen LogP contribution is 2.20. The fraction of sp³-hybridized carbons (Fsp3) is 0.200. The van der Waals surface area contributed by atoms with E-state index in [1.807, 2.05) is 0 Å². The number of amidine groups is 1. The van der Waals surface area contributed by atoms with E-state index < -0.39 is 0 Å². The Morgan fingerprint density at radius 3 is 2.82 bits per heavy atom. The maximum absolute atomic E-state index is 11.7. The van der Waals surface area contributed by atoms with Crippen LogP contribution in [-0.2, 0) is 0 Å². The highest BCUT2D eigenvalue weighted by Gasteiger charge is 2.10. The number of carbonyl (C=O) groups excluding carboxylic acids is 1. The molecule has 1 aromatic rings. The molecule has 0 fully saturated rings. The van der Waals surface area contributed by atoms with Crippen LogP contribution >= 0.6 is 23.2 Å². The van der Waals surface area contributed by atoms with E-state index in [2.05, 4.69) is 10.5 Å². The zero-order valence-electron chi connectivity index (χ0n) is 8.78. The first kappa shape index (κ1) is 13.6.